The number of benzene rings is 2. The number of anilines is 1. The van der Waals surface area contributed by atoms with E-state index < -0.39 is 0 Å². The molecule has 0 bridgehead atoms. The normalized spacial score (nSPS) is 15.7. The molecule has 1 N–H and O–H groups in total. The predicted octanol–water partition coefficient (Wildman–Crippen LogP) is 4.89. The van der Waals surface area contributed by atoms with Crippen molar-refractivity contribution in [3.05, 3.63) is 70.0 Å². The predicted molar refractivity (Wildman–Crippen MR) is 120 cm³/mol. The zero-order valence-electron chi connectivity index (χ0n) is 17.6. The lowest BCUT2D eigenvalue weighted by Crippen LogP contribution is -2.18. The first kappa shape index (κ1) is 20.0. The topological polar surface area (TPSA) is 101 Å². The summed E-state index contributed by atoms with van der Waals surface area (Å²) in [5.41, 5.74) is 2.26. The van der Waals surface area contributed by atoms with Crippen molar-refractivity contribution in [3.8, 4) is 28.8 Å². The van der Waals surface area contributed by atoms with E-state index in [2.05, 4.69) is 16.4 Å². The molecule has 0 amide bonds. The average molecular weight is 427 g/mol. The van der Waals surface area contributed by atoms with Crippen LogP contribution in [0.3, 0.4) is 0 Å². The third kappa shape index (κ3) is 3.55. The maximum absolute atomic E-state index is 13.1. The molecule has 0 radical (unpaired) electrons. The lowest BCUT2D eigenvalue weighted by molar-refractivity contribution is 0.120. The van der Waals surface area contributed by atoms with Gasteiger partial charge < -0.3 is 18.9 Å². The number of nitrogens with one attached hydrogen (secondary N) is 1. The van der Waals surface area contributed by atoms with E-state index >= 15 is 0 Å². The second-order valence-electron chi connectivity index (χ2n) is 7.76. The molecular formula is C25H21N3O4. The first-order chi connectivity index (χ1) is 15.7. The molecule has 1 fully saturated rings. The fourth-order valence-corrected chi connectivity index (χ4v) is 3.99. The first-order valence-corrected chi connectivity index (χ1v) is 10.5. The van der Waals surface area contributed by atoms with Gasteiger partial charge in [-0.2, -0.15) is 10.2 Å². The van der Waals surface area contributed by atoms with Crippen LogP contribution in [0, 0.1) is 18.3 Å². The third-order valence-electron chi connectivity index (χ3n) is 5.66. The third-order valence-corrected chi connectivity index (χ3v) is 5.66. The summed E-state index contributed by atoms with van der Waals surface area (Å²) in [4.78, 5) is 17.4. The Morgan fingerprint density at radius 2 is 2.00 bits per heavy atom. The van der Waals surface area contributed by atoms with Crippen molar-refractivity contribution in [1.82, 2.24) is 4.98 Å². The van der Waals surface area contributed by atoms with Gasteiger partial charge in [-0.05, 0) is 31.9 Å². The number of oxazole rings is 1. The van der Waals surface area contributed by atoms with Gasteiger partial charge in [0, 0.05) is 24.3 Å². The molecule has 1 unspecified atom stereocenters. The Kier molecular flexibility index (Phi) is 5.21. The van der Waals surface area contributed by atoms with Crippen LogP contribution in [-0.2, 0) is 4.74 Å². The smallest absolute Gasteiger partial charge is 0.233 e. The first-order valence-electron chi connectivity index (χ1n) is 10.5. The fraction of sp³-hybridized carbons (Fsp3) is 0.240. The maximum atomic E-state index is 13.1. The van der Waals surface area contributed by atoms with Gasteiger partial charge in [0.2, 0.25) is 17.5 Å². The van der Waals surface area contributed by atoms with Gasteiger partial charge in [-0.25, -0.2) is 0 Å². The number of ether oxygens (including phenoxy) is 1. The standard InChI is InChI=1S/C25H21N3O4/c1-15-21(29)18-10-5-11-19(23(18)31-22(15)16-7-3-2-4-8-16)24-28-20(13-26)25(32-24)27-14-17-9-6-12-30-17/h2-5,7-8,10-11,17,27H,6,9,12,14H2,1H3. The van der Waals surface area contributed by atoms with Crippen LogP contribution in [0.2, 0.25) is 0 Å². The largest absolute Gasteiger partial charge is 0.455 e. The van der Waals surface area contributed by atoms with Gasteiger partial charge in [-0.15, -0.1) is 0 Å². The van der Waals surface area contributed by atoms with Crippen LogP contribution in [0.5, 0.6) is 0 Å². The Morgan fingerprint density at radius 1 is 1.16 bits per heavy atom. The highest BCUT2D eigenvalue weighted by molar-refractivity contribution is 5.91. The summed E-state index contributed by atoms with van der Waals surface area (Å²) in [6.45, 7) is 3.04. The molecule has 2 aromatic heterocycles. The molecular weight excluding hydrogens is 406 g/mol. The molecule has 7 nitrogen and oxygen atoms in total. The van der Waals surface area contributed by atoms with Gasteiger partial charge in [0.15, 0.2) is 11.0 Å². The van der Waals surface area contributed by atoms with E-state index in [0.29, 0.717) is 34.4 Å². The molecule has 3 heterocycles. The molecule has 7 heteroatoms. The molecule has 1 aliphatic rings. The molecule has 0 spiro atoms. The summed E-state index contributed by atoms with van der Waals surface area (Å²) in [5, 5.41) is 13.1. The number of fused-ring (bicyclic) bond motifs is 1. The minimum Gasteiger partial charge on any atom is -0.455 e. The second-order valence-corrected chi connectivity index (χ2v) is 7.76. The average Bonchev–Trinajstić information content (AvgIpc) is 3.50. The monoisotopic (exact) mass is 427 g/mol. The van der Waals surface area contributed by atoms with Crippen LogP contribution in [-0.4, -0.2) is 24.2 Å². The molecule has 1 aliphatic heterocycles. The Morgan fingerprint density at radius 3 is 2.75 bits per heavy atom. The van der Waals surface area contributed by atoms with Gasteiger partial charge in [-0.1, -0.05) is 36.4 Å². The molecule has 1 atom stereocenters. The second kappa shape index (κ2) is 8.33. The van der Waals surface area contributed by atoms with Crippen molar-refractivity contribution in [2.45, 2.75) is 25.9 Å². The number of hydrogen-bond acceptors (Lipinski definition) is 7. The van der Waals surface area contributed by atoms with Crippen molar-refractivity contribution < 1.29 is 13.6 Å². The molecule has 32 heavy (non-hydrogen) atoms. The van der Waals surface area contributed by atoms with E-state index in [1.54, 1.807) is 25.1 Å². The number of hydrogen-bond donors (Lipinski definition) is 1. The molecule has 0 saturated carbocycles. The Bertz CT molecular complexity index is 1380. The van der Waals surface area contributed by atoms with E-state index in [4.69, 9.17) is 13.6 Å². The highest BCUT2D eigenvalue weighted by Crippen LogP contribution is 2.33. The highest BCUT2D eigenvalue weighted by atomic mass is 16.5. The zero-order chi connectivity index (χ0) is 22.1. The van der Waals surface area contributed by atoms with E-state index in [0.717, 1.165) is 25.0 Å². The summed E-state index contributed by atoms with van der Waals surface area (Å²) < 4.78 is 17.8. The van der Waals surface area contributed by atoms with Crippen molar-refractivity contribution in [1.29, 1.82) is 5.26 Å². The summed E-state index contributed by atoms with van der Waals surface area (Å²) in [7, 11) is 0. The minimum atomic E-state index is -0.115. The quantitative estimate of drug-likeness (QED) is 0.484. The van der Waals surface area contributed by atoms with Crippen LogP contribution in [0.15, 0.2) is 62.2 Å². The number of rotatable bonds is 5. The Hall–Kier alpha value is -3.89. The van der Waals surface area contributed by atoms with Crippen LogP contribution in [0.4, 0.5) is 5.88 Å². The minimum absolute atomic E-state index is 0.0853. The van der Waals surface area contributed by atoms with Crippen LogP contribution >= 0.6 is 0 Å². The summed E-state index contributed by atoms with van der Waals surface area (Å²) in [6, 6.07) is 16.8. The summed E-state index contributed by atoms with van der Waals surface area (Å²) in [5.74, 6) is 1.00. The van der Waals surface area contributed by atoms with Crippen LogP contribution < -0.4 is 10.7 Å². The molecule has 2 aromatic carbocycles. The van der Waals surface area contributed by atoms with Crippen molar-refractivity contribution in [3.63, 3.8) is 0 Å². The van der Waals surface area contributed by atoms with E-state index in [1.165, 1.54) is 0 Å². The number of aromatic nitrogens is 1. The Labute approximate surface area is 184 Å². The molecule has 0 aliphatic carbocycles. The molecule has 160 valence electrons. The van der Waals surface area contributed by atoms with Gasteiger partial charge in [0.1, 0.15) is 11.8 Å². The zero-order valence-corrected chi connectivity index (χ0v) is 17.6. The van der Waals surface area contributed by atoms with Crippen LogP contribution in [0.1, 0.15) is 24.1 Å². The highest BCUT2D eigenvalue weighted by Gasteiger charge is 2.22. The molecule has 5 rings (SSSR count). The number of nitriles is 1. The van der Waals surface area contributed by atoms with Crippen molar-refractivity contribution >= 4 is 16.9 Å². The molecule has 4 aromatic rings. The van der Waals surface area contributed by atoms with Gasteiger partial charge in [0.05, 0.1) is 17.1 Å². The fourth-order valence-electron chi connectivity index (χ4n) is 3.99. The number of para-hydroxylation sites is 1. The summed E-state index contributed by atoms with van der Waals surface area (Å²) >= 11 is 0. The van der Waals surface area contributed by atoms with E-state index in [1.807, 2.05) is 30.3 Å². The SMILES string of the molecule is Cc1c(-c2ccccc2)oc2c(-c3nc(C#N)c(NCC4CCCO4)o3)cccc2c1=O. The molecule has 1 saturated heterocycles. The maximum Gasteiger partial charge on any atom is 0.233 e. The number of nitrogens with zero attached hydrogens (tertiary/aromatic N) is 2. The van der Waals surface area contributed by atoms with Gasteiger partial charge in [0.25, 0.3) is 0 Å². The van der Waals surface area contributed by atoms with Crippen molar-refractivity contribution in [2.24, 2.45) is 0 Å². The summed E-state index contributed by atoms with van der Waals surface area (Å²) in [6.07, 6.45) is 2.07. The van der Waals surface area contributed by atoms with Crippen LogP contribution in [0.25, 0.3) is 33.7 Å². The van der Waals surface area contributed by atoms with E-state index in [-0.39, 0.29) is 29.0 Å². The van der Waals surface area contributed by atoms with Crippen molar-refractivity contribution in [2.75, 3.05) is 18.5 Å². The van der Waals surface area contributed by atoms with Gasteiger partial charge >= 0.3 is 0 Å². The Balaban J connectivity index is 1.61. The lowest BCUT2D eigenvalue weighted by Gasteiger charge is -2.10. The van der Waals surface area contributed by atoms with Gasteiger partial charge in [-0.3, -0.25) is 4.79 Å². The lowest BCUT2D eigenvalue weighted by atomic mass is 10.0. The van der Waals surface area contributed by atoms with E-state index in [9.17, 15) is 10.1 Å².